The summed E-state index contributed by atoms with van der Waals surface area (Å²) in [6.45, 7) is 4.41. The number of hydrogen-bond donors (Lipinski definition) is 0. The van der Waals surface area contributed by atoms with Crippen LogP contribution in [-0.4, -0.2) is 48.4 Å². The fourth-order valence-corrected chi connectivity index (χ4v) is 2.87. The van der Waals surface area contributed by atoms with Crippen LogP contribution in [0.25, 0.3) is 0 Å². The molecule has 0 bridgehead atoms. The number of hydrogen-bond acceptors (Lipinski definition) is 5. The molecule has 1 aromatic carbocycles. The molecule has 122 valence electrons. The van der Waals surface area contributed by atoms with Crippen molar-refractivity contribution < 1.29 is 4.79 Å². The molecule has 0 radical (unpaired) electrons. The average Bonchev–Trinajstić information content (AvgIpc) is 2.67. The Morgan fingerprint density at radius 2 is 1.83 bits per heavy atom. The molecule has 1 aliphatic rings. The largest absolute Gasteiger partial charge is 0.354 e. The van der Waals surface area contributed by atoms with Gasteiger partial charge < -0.3 is 4.90 Å². The Morgan fingerprint density at radius 3 is 2.46 bits per heavy atom. The Kier molecular flexibility index (Phi) is 5.19. The van der Waals surface area contributed by atoms with Gasteiger partial charge in [0.05, 0.1) is 5.56 Å². The molecule has 0 spiro atoms. The van der Waals surface area contributed by atoms with Crippen LogP contribution in [0.1, 0.15) is 22.3 Å². The lowest BCUT2D eigenvalue weighted by molar-refractivity contribution is 0.0962. The topological polar surface area (TPSA) is 60.2 Å². The van der Waals surface area contributed by atoms with E-state index >= 15 is 0 Å². The molecule has 0 atom stereocenters. The van der Waals surface area contributed by atoms with Gasteiger partial charge in [0.15, 0.2) is 5.78 Å². The first-order chi connectivity index (χ1) is 11.8. The zero-order valence-corrected chi connectivity index (χ0v) is 13.6. The number of ketones is 1. The number of carbonyl (C=O) groups excluding carboxylic acids is 1. The summed E-state index contributed by atoms with van der Waals surface area (Å²) >= 11 is 0. The van der Waals surface area contributed by atoms with Gasteiger partial charge in [0.2, 0.25) is 0 Å². The molecule has 5 heteroatoms. The van der Waals surface area contributed by atoms with Crippen LogP contribution in [0.5, 0.6) is 0 Å². The molecule has 24 heavy (non-hydrogen) atoms. The number of rotatable bonds is 5. The van der Waals surface area contributed by atoms with Crippen LogP contribution < -0.4 is 4.90 Å². The molecule has 2 heterocycles. The number of nitriles is 1. The second-order valence-corrected chi connectivity index (χ2v) is 5.88. The fraction of sp³-hybridized carbons (Fsp3) is 0.316. The van der Waals surface area contributed by atoms with Crippen molar-refractivity contribution in [1.29, 1.82) is 5.26 Å². The first kappa shape index (κ1) is 16.2. The van der Waals surface area contributed by atoms with Crippen molar-refractivity contribution >= 4 is 11.6 Å². The number of Topliss-reactive ketones (excluding diaryl/α,β-unsaturated/α-hetero) is 1. The van der Waals surface area contributed by atoms with Gasteiger partial charge in [-0.15, -0.1) is 0 Å². The summed E-state index contributed by atoms with van der Waals surface area (Å²) in [5.41, 5.74) is 1.37. The molecule has 2 aromatic rings. The third-order valence-electron chi connectivity index (χ3n) is 4.32. The van der Waals surface area contributed by atoms with Crippen molar-refractivity contribution in [3.8, 4) is 6.07 Å². The van der Waals surface area contributed by atoms with E-state index in [4.69, 9.17) is 5.26 Å². The third-order valence-corrected chi connectivity index (χ3v) is 4.32. The summed E-state index contributed by atoms with van der Waals surface area (Å²) in [7, 11) is 0. The standard InChI is InChI=1S/C19H20N4O/c20-14-16-6-7-19(21-15-16)23-12-10-22(11-13-23)9-8-18(24)17-4-2-1-3-5-17/h1-7,15H,8-13H2. The summed E-state index contributed by atoms with van der Waals surface area (Å²) in [5, 5.41) is 8.82. The maximum absolute atomic E-state index is 12.2. The number of carbonyl (C=O) groups is 1. The molecule has 0 aliphatic carbocycles. The zero-order chi connectivity index (χ0) is 16.8. The average molecular weight is 320 g/mol. The lowest BCUT2D eigenvalue weighted by atomic mass is 10.1. The zero-order valence-electron chi connectivity index (χ0n) is 13.6. The second-order valence-electron chi connectivity index (χ2n) is 5.88. The number of aromatic nitrogens is 1. The summed E-state index contributed by atoms with van der Waals surface area (Å²) in [6, 6.07) is 15.2. The predicted octanol–water partition coefficient (Wildman–Crippen LogP) is 2.35. The van der Waals surface area contributed by atoms with Crippen LogP contribution >= 0.6 is 0 Å². The van der Waals surface area contributed by atoms with E-state index in [1.165, 1.54) is 0 Å². The van der Waals surface area contributed by atoms with Gasteiger partial charge in [0.25, 0.3) is 0 Å². The smallest absolute Gasteiger partial charge is 0.164 e. The molecule has 0 saturated carbocycles. The van der Waals surface area contributed by atoms with E-state index in [9.17, 15) is 4.79 Å². The summed E-state index contributed by atoms with van der Waals surface area (Å²) in [6.07, 6.45) is 2.17. The van der Waals surface area contributed by atoms with Gasteiger partial charge in [-0.05, 0) is 12.1 Å². The summed E-state index contributed by atoms with van der Waals surface area (Å²) < 4.78 is 0. The van der Waals surface area contributed by atoms with E-state index in [-0.39, 0.29) is 5.78 Å². The SMILES string of the molecule is N#Cc1ccc(N2CCN(CCC(=O)c3ccccc3)CC2)nc1. The normalized spacial score (nSPS) is 15.0. The molecule has 1 fully saturated rings. The number of benzene rings is 1. The molecule has 3 rings (SSSR count). The van der Waals surface area contributed by atoms with Crippen LogP contribution in [0.15, 0.2) is 48.7 Å². The highest BCUT2D eigenvalue weighted by atomic mass is 16.1. The van der Waals surface area contributed by atoms with E-state index in [0.717, 1.165) is 44.1 Å². The Hall–Kier alpha value is -2.71. The number of anilines is 1. The first-order valence-electron chi connectivity index (χ1n) is 8.18. The molecular formula is C19H20N4O. The highest BCUT2D eigenvalue weighted by Crippen LogP contribution is 2.14. The molecule has 5 nitrogen and oxygen atoms in total. The monoisotopic (exact) mass is 320 g/mol. The van der Waals surface area contributed by atoms with Crippen LogP contribution in [-0.2, 0) is 0 Å². The van der Waals surface area contributed by atoms with Crippen molar-refractivity contribution in [1.82, 2.24) is 9.88 Å². The van der Waals surface area contributed by atoms with Gasteiger partial charge in [-0.3, -0.25) is 9.69 Å². The molecular weight excluding hydrogens is 300 g/mol. The Morgan fingerprint density at radius 1 is 1.08 bits per heavy atom. The summed E-state index contributed by atoms with van der Waals surface area (Å²) in [4.78, 5) is 21.0. The maximum Gasteiger partial charge on any atom is 0.164 e. The number of pyridine rings is 1. The van der Waals surface area contributed by atoms with Crippen LogP contribution in [0.3, 0.4) is 0 Å². The van der Waals surface area contributed by atoms with Crippen LogP contribution in [0.2, 0.25) is 0 Å². The van der Waals surface area contributed by atoms with Crippen molar-refractivity contribution in [2.75, 3.05) is 37.6 Å². The van der Waals surface area contributed by atoms with Gasteiger partial charge in [-0.25, -0.2) is 4.98 Å². The predicted molar refractivity (Wildman–Crippen MR) is 93.0 cm³/mol. The molecule has 0 amide bonds. The van der Waals surface area contributed by atoms with Crippen LogP contribution in [0, 0.1) is 11.3 Å². The van der Waals surface area contributed by atoms with Gasteiger partial charge >= 0.3 is 0 Å². The lowest BCUT2D eigenvalue weighted by Crippen LogP contribution is -2.47. The minimum atomic E-state index is 0.201. The van der Waals surface area contributed by atoms with Gasteiger partial charge in [-0.1, -0.05) is 30.3 Å². The number of piperazine rings is 1. The molecule has 0 N–H and O–H groups in total. The fourth-order valence-electron chi connectivity index (χ4n) is 2.87. The first-order valence-corrected chi connectivity index (χ1v) is 8.18. The summed E-state index contributed by atoms with van der Waals surface area (Å²) in [5.74, 6) is 1.11. The third kappa shape index (κ3) is 3.98. The van der Waals surface area contributed by atoms with Crippen molar-refractivity contribution in [2.24, 2.45) is 0 Å². The molecule has 1 aromatic heterocycles. The van der Waals surface area contributed by atoms with Crippen molar-refractivity contribution in [2.45, 2.75) is 6.42 Å². The number of nitrogens with zero attached hydrogens (tertiary/aromatic N) is 4. The Bertz CT molecular complexity index is 713. The molecule has 0 unspecified atom stereocenters. The minimum absolute atomic E-state index is 0.201. The Balaban J connectivity index is 1.47. The lowest BCUT2D eigenvalue weighted by Gasteiger charge is -2.35. The minimum Gasteiger partial charge on any atom is -0.354 e. The van der Waals surface area contributed by atoms with E-state index in [0.29, 0.717) is 12.0 Å². The van der Waals surface area contributed by atoms with E-state index in [2.05, 4.69) is 20.9 Å². The highest BCUT2D eigenvalue weighted by Gasteiger charge is 2.18. The highest BCUT2D eigenvalue weighted by molar-refractivity contribution is 5.96. The van der Waals surface area contributed by atoms with Gasteiger partial charge in [0.1, 0.15) is 11.9 Å². The maximum atomic E-state index is 12.2. The van der Waals surface area contributed by atoms with Crippen LogP contribution in [0.4, 0.5) is 5.82 Å². The Labute approximate surface area is 142 Å². The van der Waals surface area contributed by atoms with Gasteiger partial charge in [0, 0.05) is 50.9 Å². The molecule has 1 saturated heterocycles. The van der Waals surface area contributed by atoms with Crippen molar-refractivity contribution in [3.63, 3.8) is 0 Å². The second kappa shape index (κ2) is 7.71. The van der Waals surface area contributed by atoms with Gasteiger partial charge in [-0.2, -0.15) is 5.26 Å². The van der Waals surface area contributed by atoms with E-state index in [1.54, 1.807) is 12.3 Å². The van der Waals surface area contributed by atoms with Crippen molar-refractivity contribution in [3.05, 3.63) is 59.8 Å². The molecule has 1 aliphatic heterocycles. The van der Waals surface area contributed by atoms with E-state index in [1.807, 2.05) is 36.4 Å². The van der Waals surface area contributed by atoms with E-state index < -0.39 is 0 Å². The quantitative estimate of drug-likeness (QED) is 0.792.